The zero-order chi connectivity index (χ0) is 13.8. The predicted octanol–water partition coefficient (Wildman–Crippen LogP) is 4.18. The molecule has 0 amide bonds. The molecule has 19 heavy (non-hydrogen) atoms. The second-order valence-corrected chi connectivity index (χ2v) is 6.33. The van der Waals surface area contributed by atoms with Crippen molar-refractivity contribution >= 4 is 0 Å². The fraction of sp³-hybridized carbons (Fsp3) is 0.647. The molecule has 1 aromatic carbocycles. The van der Waals surface area contributed by atoms with Crippen LogP contribution in [0.15, 0.2) is 18.2 Å². The highest BCUT2D eigenvalue weighted by atomic mass is 16.3. The highest BCUT2D eigenvalue weighted by molar-refractivity contribution is 5.37. The number of phenols is 1. The largest absolute Gasteiger partial charge is 0.508 e. The van der Waals surface area contributed by atoms with E-state index in [1.807, 2.05) is 6.07 Å². The highest BCUT2D eigenvalue weighted by Crippen LogP contribution is 2.29. The summed E-state index contributed by atoms with van der Waals surface area (Å²) in [5.74, 6) is 2.09. The monoisotopic (exact) mass is 261 g/mol. The van der Waals surface area contributed by atoms with Gasteiger partial charge >= 0.3 is 0 Å². The lowest BCUT2D eigenvalue weighted by atomic mass is 9.82. The zero-order valence-corrected chi connectivity index (χ0v) is 12.4. The Labute approximate surface area is 117 Å². The van der Waals surface area contributed by atoms with Gasteiger partial charge in [-0.05, 0) is 51.1 Å². The average molecular weight is 261 g/mol. The third-order valence-corrected chi connectivity index (χ3v) is 4.41. The summed E-state index contributed by atoms with van der Waals surface area (Å²) in [7, 11) is 0. The molecule has 0 aliphatic heterocycles. The molecule has 2 nitrogen and oxygen atoms in total. The van der Waals surface area contributed by atoms with E-state index in [2.05, 4.69) is 32.2 Å². The summed E-state index contributed by atoms with van der Waals surface area (Å²) in [6.07, 6.45) is 5.46. The molecule has 0 bridgehead atoms. The van der Waals surface area contributed by atoms with Gasteiger partial charge in [0.05, 0.1) is 0 Å². The number of hydrogen-bond donors (Lipinski definition) is 2. The molecule has 1 saturated carbocycles. The smallest absolute Gasteiger partial charge is 0.120 e. The summed E-state index contributed by atoms with van der Waals surface area (Å²) in [5.41, 5.74) is 2.22. The van der Waals surface area contributed by atoms with Gasteiger partial charge in [-0.25, -0.2) is 0 Å². The van der Waals surface area contributed by atoms with Crippen LogP contribution in [-0.2, 0) is 0 Å². The molecular formula is C17H27NO. The predicted molar refractivity (Wildman–Crippen MR) is 80.4 cm³/mol. The van der Waals surface area contributed by atoms with Gasteiger partial charge in [-0.1, -0.05) is 37.5 Å². The Hall–Kier alpha value is -1.02. The fourth-order valence-electron chi connectivity index (χ4n) is 3.22. The highest BCUT2D eigenvalue weighted by Gasteiger charge is 2.19. The molecule has 0 saturated heterocycles. The minimum atomic E-state index is 0.220. The molecule has 1 fully saturated rings. The third-order valence-electron chi connectivity index (χ3n) is 4.41. The van der Waals surface area contributed by atoms with Crippen LogP contribution in [0.1, 0.15) is 56.7 Å². The lowest BCUT2D eigenvalue weighted by Crippen LogP contribution is -2.28. The number of aromatic hydroxyl groups is 1. The molecule has 106 valence electrons. The van der Waals surface area contributed by atoms with Crippen molar-refractivity contribution in [1.29, 1.82) is 0 Å². The van der Waals surface area contributed by atoms with Crippen molar-refractivity contribution in [2.75, 3.05) is 6.54 Å². The molecule has 2 rings (SSSR count). The van der Waals surface area contributed by atoms with E-state index < -0.39 is 0 Å². The quantitative estimate of drug-likeness (QED) is 0.852. The van der Waals surface area contributed by atoms with E-state index in [0.717, 1.165) is 23.9 Å². The van der Waals surface area contributed by atoms with Crippen molar-refractivity contribution in [1.82, 2.24) is 5.32 Å². The molecule has 2 N–H and O–H groups in total. The minimum absolute atomic E-state index is 0.220. The van der Waals surface area contributed by atoms with Gasteiger partial charge in [-0.2, -0.15) is 0 Å². The number of rotatable bonds is 4. The second kappa shape index (κ2) is 6.42. The number of phenolic OH excluding ortho intramolecular Hbond substituents is 1. The number of hydrogen-bond acceptors (Lipinski definition) is 2. The Morgan fingerprint density at radius 2 is 2.16 bits per heavy atom. The van der Waals surface area contributed by atoms with Gasteiger partial charge in [0.15, 0.2) is 0 Å². The van der Waals surface area contributed by atoms with Crippen molar-refractivity contribution < 1.29 is 5.11 Å². The summed E-state index contributed by atoms with van der Waals surface area (Å²) in [6, 6.07) is 6.05. The summed E-state index contributed by atoms with van der Waals surface area (Å²) < 4.78 is 0. The first-order valence-electron chi connectivity index (χ1n) is 7.59. The molecule has 0 aromatic heterocycles. The van der Waals surface area contributed by atoms with Gasteiger partial charge in [-0.3, -0.25) is 0 Å². The summed E-state index contributed by atoms with van der Waals surface area (Å²) in [5, 5.41) is 13.5. The minimum Gasteiger partial charge on any atom is -0.508 e. The molecule has 0 radical (unpaired) electrons. The van der Waals surface area contributed by atoms with Gasteiger partial charge in [0.2, 0.25) is 0 Å². The normalized spacial score (nSPS) is 25.2. The molecule has 0 heterocycles. The Kier molecular flexibility index (Phi) is 4.87. The topological polar surface area (TPSA) is 32.3 Å². The van der Waals surface area contributed by atoms with Gasteiger partial charge in [0.25, 0.3) is 0 Å². The standard InChI is InChI=1S/C17H27NO/c1-12-5-4-6-15(9-12)11-18-14(3)16-10-13(2)7-8-17(16)19/h7-8,10,12,14-15,18-19H,4-6,9,11H2,1-3H3. The molecule has 3 unspecified atom stereocenters. The van der Waals surface area contributed by atoms with Gasteiger partial charge < -0.3 is 10.4 Å². The molecule has 1 aliphatic rings. The van der Waals surface area contributed by atoms with Crippen LogP contribution in [0.25, 0.3) is 0 Å². The van der Waals surface area contributed by atoms with Crippen molar-refractivity contribution in [3.05, 3.63) is 29.3 Å². The molecular weight excluding hydrogens is 234 g/mol. The van der Waals surface area contributed by atoms with Crippen LogP contribution in [0.2, 0.25) is 0 Å². The van der Waals surface area contributed by atoms with Crippen molar-refractivity contribution in [3.8, 4) is 5.75 Å². The Morgan fingerprint density at radius 1 is 1.37 bits per heavy atom. The molecule has 0 spiro atoms. The van der Waals surface area contributed by atoms with Crippen LogP contribution in [0, 0.1) is 18.8 Å². The van der Waals surface area contributed by atoms with Gasteiger partial charge in [0.1, 0.15) is 5.75 Å². The maximum atomic E-state index is 9.94. The Bertz CT molecular complexity index is 416. The van der Waals surface area contributed by atoms with E-state index in [0.29, 0.717) is 5.75 Å². The third kappa shape index (κ3) is 3.97. The summed E-state index contributed by atoms with van der Waals surface area (Å²) >= 11 is 0. The van der Waals surface area contributed by atoms with Crippen LogP contribution < -0.4 is 5.32 Å². The Morgan fingerprint density at radius 3 is 2.89 bits per heavy atom. The van der Waals surface area contributed by atoms with E-state index in [1.54, 1.807) is 6.07 Å². The SMILES string of the molecule is Cc1ccc(O)c(C(C)NCC2CCCC(C)C2)c1. The lowest BCUT2D eigenvalue weighted by molar-refractivity contribution is 0.268. The fourth-order valence-corrected chi connectivity index (χ4v) is 3.22. The van der Waals surface area contributed by atoms with Crippen LogP contribution in [0.5, 0.6) is 5.75 Å². The van der Waals surface area contributed by atoms with E-state index in [-0.39, 0.29) is 6.04 Å². The lowest BCUT2D eigenvalue weighted by Gasteiger charge is -2.28. The van der Waals surface area contributed by atoms with Crippen molar-refractivity contribution in [3.63, 3.8) is 0 Å². The number of benzene rings is 1. The maximum Gasteiger partial charge on any atom is 0.120 e. The first kappa shape index (κ1) is 14.4. The molecule has 1 aliphatic carbocycles. The van der Waals surface area contributed by atoms with Crippen LogP contribution in [-0.4, -0.2) is 11.7 Å². The zero-order valence-electron chi connectivity index (χ0n) is 12.4. The van der Waals surface area contributed by atoms with E-state index in [1.165, 1.54) is 31.2 Å². The maximum absolute atomic E-state index is 9.94. The van der Waals surface area contributed by atoms with Crippen LogP contribution in [0.4, 0.5) is 0 Å². The van der Waals surface area contributed by atoms with Crippen molar-refractivity contribution in [2.45, 2.75) is 52.5 Å². The van der Waals surface area contributed by atoms with Crippen LogP contribution >= 0.6 is 0 Å². The molecule has 2 heteroatoms. The van der Waals surface area contributed by atoms with E-state index >= 15 is 0 Å². The van der Waals surface area contributed by atoms with Gasteiger partial charge in [0, 0.05) is 11.6 Å². The first-order valence-corrected chi connectivity index (χ1v) is 7.59. The van der Waals surface area contributed by atoms with Crippen molar-refractivity contribution in [2.24, 2.45) is 11.8 Å². The summed E-state index contributed by atoms with van der Waals surface area (Å²) in [4.78, 5) is 0. The van der Waals surface area contributed by atoms with E-state index in [9.17, 15) is 5.11 Å². The summed E-state index contributed by atoms with van der Waals surface area (Å²) in [6.45, 7) is 7.64. The first-order chi connectivity index (χ1) is 9.06. The van der Waals surface area contributed by atoms with Crippen LogP contribution in [0.3, 0.4) is 0 Å². The van der Waals surface area contributed by atoms with E-state index in [4.69, 9.17) is 0 Å². The number of aryl methyl sites for hydroxylation is 1. The second-order valence-electron chi connectivity index (χ2n) is 6.33. The molecule has 1 aromatic rings. The van der Waals surface area contributed by atoms with Gasteiger partial charge in [-0.15, -0.1) is 0 Å². The Balaban J connectivity index is 1.90. The number of nitrogens with one attached hydrogen (secondary N) is 1. The average Bonchev–Trinajstić information content (AvgIpc) is 2.39. The molecule has 3 atom stereocenters.